The molecule has 1 fully saturated rings. The van der Waals surface area contributed by atoms with Gasteiger partial charge in [-0.15, -0.1) is 0 Å². The first-order valence-corrected chi connectivity index (χ1v) is 9.71. The van der Waals surface area contributed by atoms with Crippen LogP contribution in [0.5, 0.6) is 0 Å². The number of nitrogens with one attached hydrogen (secondary N) is 2. The molecule has 2 N–H and O–H groups in total. The largest absolute Gasteiger partial charge is 0.357 e. The molecule has 3 rings (SSSR count). The van der Waals surface area contributed by atoms with Gasteiger partial charge in [-0.2, -0.15) is 0 Å². The number of anilines is 1. The van der Waals surface area contributed by atoms with Gasteiger partial charge in [0.15, 0.2) is 5.96 Å². The normalized spacial score (nSPS) is 14.7. The Labute approximate surface area is 166 Å². The summed E-state index contributed by atoms with van der Waals surface area (Å²) >= 11 is 0. The molecule has 2 heterocycles. The minimum Gasteiger partial charge on any atom is -0.357 e. The highest BCUT2D eigenvalue weighted by Crippen LogP contribution is 2.13. The molecule has 0 unspecified atom stereocenters. The van der Waals surface area contributed by atoms with Gasteiger partial charge in [0.25, 0.3) is 5.91 Å². The molecule has 1 saturated heterocycles. The van der Waals surface area contributed by atoms with E-state index in [-0.39, 0.29) is 5.91 Å². The highest BCUT2D eigenvalue weighted by Gasteiger charge is 2.20. The number of aliphatic imine (C=N–C) groups is 1. The second-order valence-corrected chi connectivity index (χ2v) is 6.61. The van der Waals surface area contributed by atoms with Crippen LogP contribution in [0, 0.1) is 0 Å². The lowest BCUT2D eigenvalue weighted by atomic mass is 10.1. The third-order valence-corrected chi connectivity index (χ3v) is 4.72. The van der Waals surface area contributed by atoms with Crippen molar-refractivity contribution in [2.24, 2.45) is 4.99 Å². The third-order valence-electron chi connectivity index (χ3n) is 4.72. The molecule has 0 radical (unpaired) electrons. The standard InChI is InChI=1S/C21H28N6O/c1-3-23-21(25-16-17-7-6-8-18(15-17)20(28)22-2)27-13-11-26(12-14-27)19-9-4-5-10-24-19/h4-10,15H,3,11-14,16H2,1-2H3,(H,22,28)(H,23,25). The van der Waals surface area contributed by atoms with Crippen LogP contribution < -0.4 is 15.5 Å². The Kier molecular flexibility index (Phi) is 6.84. The zero-order valence-corrected chi connectivity index (χ0v) is 16.6. The predicted octanol–water partition coefficient (Wildman–Crippen LogP) is 1.73. The van der Waals surface area contributed by atoms with Crippen molar-refractivity contribution in [2.45, 2.75) is 13.5 Å². The molecule has 0 aliphatic carbocycles. The van der Waals surface area contributed by atoms with Gasteiger partial charge in [-0.3, -0.25) is 4.79 Å². The number of hydrogen-bond acceptors (Lipinski definition) is 4. The quantitative estimate of drug-likeness (QED) is 0.611. The zero-order valence-electron chi connectivity index (χ0n) is 16.6. The molecule has 7 nitrogen and oxygen atoms in total. The molecule has 1 aliphatic rings. The number of rotatable bonds is 5. The number of aromatic nitrogens is 1. The molecule has 0 spiro atoms. The van der Waals surface area contributed by atoms with Crippen LogP contribution in [0.1, 0.15) is 22.8 Å². The lowest BCUT2D eigenvalue weighted by molar-refractivity contribution is 0.0963. The van der Waals surface area contributed by atoms with E-state index in [2.05, 4.69) is 32.3 Å². The smallest absolute Gasteiger partial charge is 0.251 e. The molecule has 0 saturated carbocycles. The van der Waals surface area contributed by atoms with Gasteiger partial charge in [-0.1, -0.05) is 18.2 Å². The van der Waals surface area contributed by atoms with Crippen molar-refractivity contribution >= 4 is 17.7 Å². The molecular weight excluding hydrogens is 352 g/mol. The Bertz CT molecular complexity index is 800. The van der Waals surface area contributed by atoms with Gasteiger partial charge < -0.3 is 20.4 Å². The van der Waals surface area contributed by atoms with E-state index in [4.69, 9.17) is 4.99 Å². The van der Waals surface area contributed by atoms with Gasteiger partial charge in [0.1, 0.15) is 5.82 Å². The van der Waals surface area contributed by atoms with Crippen LogP contribution in [0.25, 0.3) is 0 Å². The maximum Gasteiger partial charge on any atom is 0.251 e. The van der Waals surface area contributed by atoms with Crippen molar-refractivity contribution < 1.29 is 4.79 Å². The number of guanidine groups is 1. The van der Waals surface area contributed by atoms with Gasteiger partial charge in [0.05, 0.1) is 6.54 Å². The summed E-state index contributed by atoms with van der Waals surface area (Å²) in [5.74, 6) is 1.85. The van der Waals surface area contributed by atoms with E-state index in [1.54, 1.807) is 7.05 Å². The Morgan fingerprint density at radius 3 is 2.64 bits per heavy atom. The van der Waals surface area contributed by atoms with E-state index in [9.17, 15) is 4.79 Å². The molecule has 1 aromatic heterocycles. The molecule has 148 valence electrons. The van der Waals surface area contributed by atoms with E-state index in [0.29, 0.717) is 12.1 Å². The Morgan fingerprint density at radius 2 is 1.96 bits per heavy atom. The molecule has 0 atom stereocenters. The van der Waals surface area contributed by atoms with Crippen molar-refractivity contribution in [3.8, 4) is 0 Å². The van der Waals surface area contributed by atoms with E-state index in [1.165, 1.54) is 0 Å². The average molecular weight is 380 g/mol. The van der Waals surface area contributed by atoms with Crippen LogP contribution in [0.4, 0.5) is 5.82 Å². The maximum absolute atomic E-state index is 11.8. The first-order valence-electron chi connectivity index (χ1n) is 9.71. The fourth-order valence-electron chi connectivity index (χ4n) is 3.24. The van der Waals surface area contributed by atoms with Crippen molar-refractivity contribution in [3.05, 3.63) is 59.8 Å². The fourth-order valence-corrected chi connectivity index (χ4v) is 3.24. The van der Waals surface area contributed by atoms with Crippen LogP contribution in [0.2, 0.25) is 0 Å². The molecule has 28 heavy (non-hydrogen) atoms. The Morgan fingerprint density at radius 1 is 1.14 bits per heavy atom. The highest BCUT2D eigenvalue weighted by atomic mass is 16.1. The topological polar surface area (TPSA) is 72.9 Å². The summed E-state index contributed by atoms with van der Waals surface area (Å²) in [6.45, 7) is 7.03. The molecular formula is C21H28N6O. The summed E-state index contributed by atoms with van der Waals surface area (Å²) < 4.78 is 0. The number of piperazine rings is 1. The van der Waals surface area contributed by atoms with Gasteiger partial charge in [-0.25, -0.2) is 9.98 Å². The van der Waals surface area contributed by atoms with Crippen molar-refractivity contribution in [3.63, 3.8) is 0 Å². The summed E-state index contributed by atoms with van der Waals surface area (Å²) in [6.07, 6.45) is 1.83. The van der Waals surface area contributed by atoms with Gasteiger partial charge in [-0.05, 0) is 36.8 Å². The van der Waals surface area contributed by atoms with Crippen LogP contribution in [-0.2, 0) is 6.54 Å². The van der Waals surface area contributed by atoms with Crippen molar-refractivity contribution in [1.29, 1.82) is 0 Å². The van der Waals surface area contributed by atoms with Gasteiger partial charge in [0, 0.05) is 51.5 Å². The van der Waals surface area contributed by atoms with E-state index in [1.807, 2.05) is 48.7 Å². The van der Waals surface area contributed by atoms with Gasteiger partial charge in [0.2, 0.25) is 0 Å². The number of carbonyl (C=O) groups is 1. The average Bonchev–Trinajstić information content (AvgIpc) is 2.77. The minimum absolute atomic E-state index is 0.0802. The zero-order chi connectivity index (χ0) is 19.8. The molecule has 0 bridgehead atoms. The maximum atomic E-state index is 11.8. The number of nitrogens with zero attached hydrogens (tertiary/aromatic N) is 4. The van der Waals surface area contributed by atoms with Crippen molar-refractivity contribution in [1.82, 2.24) is 20.5 Å². The second-order valence-electron chi connectivity index (χ2n) is 6.61. The number of amides is 1. The van der Waals surface area contributed by atoms with Gasteiger partial charge >= 0.3 is 0 Å². The molecule has 2 aromatic rings. The number of hydrogen-bond donors (Lipinski definition) is 2. The first kappa shape index (κ1) is 19.7. The number of carbonyl (C=O) groups excluding carboxylic acids is 1. The fraction of sp³-hybridized carbons (Fsp3) is 0.381. The van der Waals surface area contributed by atoms with Crippen LogP contribution >= 0.6 is 0 Å². The number of pyridine rings is 1. The lowest BCUT2D eigenvalue weighted by Gasteiger charge is -2.37. The van der Waals surface area contributed by atoms with E-state index in [0.717, 1.165) is 50.1 Å². The number of benzene rings is 1. The monoisotopic (exact) mass is 380 g/mol. The summed E-state index contributed by atoms with van der Waals surface area (Å²) in [5, 5.41) is 6.05. The SMILES string of the molecule is CCNC(=NCc1cccc(C(=O)NC)c1)N1CCN(c2ccccn2)CC1. The Balaban J connectivity index is 1.64. The predicted molar refractivity (Wildman–Crippen MR) is 113 cm³/mol. The minimum atomic E-state index is -0.0802. The summed E-state index contributed by atoms with van der Waals surface area (Å²) in [7, 11) is 1.64. The summed E-state index contributed by atoms with van der Waals surface area (Å²) in [4.78, 5) is 25.6. The van der Waals surface area contributed by atoms with Crippen LogP contribution in [0.3, 0.4) is 0 Å². The van der Waals surface area contributed by atoms with E-state index >= 15 is 0 Å². The summed E-state index contributed by atoms with van der Waals surface area (Å²) in [5.41, 5.74) is 1.67. The molecule has 1 amide bonds. The van der Waals surface area contributed by atoms with Crippen molar-refractivity contribution in [2.75, 3.05) is 44.7 Å². The first-order chi connectivity index (χ1) is 13.7. The molecule has 1 aromatic carbocycles. The molecule has 7 heteroatoms. The highest BCUT2D eigenvalue weighted by molar-refractivity contribution is 5.94. The Hall–Kier alpha value is -3.09. The molecule has 1 aliphatic heterocycles. The third kappa shape index (κ3) is 5.00. The second kappa shape index (κ2) is 9.73. The van der Waals surface area contributed by atoms with E-state index < -0.39 is 0 Å². The lowest BCUT2D eigenvalue weighted by Crippen LogP contribution is -2.52. The van der Waals surface area contributed by atoms with Crippen LogP contribution in [0.15, 0.2) is 53.7 Å². The van der Waals surface area contributed by atoms with Crippen LogP contribution in [-0.4, -0.2) is 61.5 Å². The summed E-state index contributed by atoms with van der Waals surface area (Å²) in [6, 6.07) is 13.6.